The highest BCUT2D eigenvalue weighted by atomic mass is 35.5. The summed E-state index contributed by atoms with van der Waals surface area (Å²) in [6.07, 6.45) is 2.68. The number of amides is 2. The Bertz CT molecular complexity index is 1170. The van der Waals surface area contributed by atoms with Crippen LogP contribution in [0.3, 0.4) is 0 Å². The predicted octanol–water partition coefficient (Wildman–Crippen LogP) is 3.81. The first kappa shape index (κ1) is 21.4. The number of rotatable bonds is 4. The highest BCUT2D eigenvalue weighted by Crippen LogP contribution is 2.34. The molecule has 11 heteroatoms. The highest BCUT2D eigenvalue weighted by Gasteiger charge is 2.17. The molecule has 8 nitrogen and oxygen atoms in total. The Balaban J connectivity index is 1.52. The van der Waals surface area contributed by atoms with Crippen LogP contribution in [-0.4, -0.2) is 21.9 Å². The molecule has 0 atom stereocenters. The number of hydrogen-bond acceptors (Lipinski definition) is 6. The number of nitrogens with one attached hydrogen (secondary N) is 3. The SMILES string of the molecule is O=C(/C=C/c1ccc([N+](=O)[O-])cc1)NC(=S)NNC(=O)c1sc2ccccc2c1Cl. The van der Waals surface area contributed by atoms with Crippen LogP contribution in [0.5, 0.6) is 0 Å². The Hall–Kier alpha value is -3.34. The largest absolute Gasteiger partial charge is 0.298 e. The molecule has 152 valence electrons. The molecule has 0 saturated carbocycles. The van der Waals surface area contributed by atoms with E-state index in [0.717, 1.165) is 10.1 Å². The fraction of sp³-hybridized carbons (Fsp3) is 0. The minimum absolute atomic E-state index is 0.0449. The van der Waals surface area contributed by atoms with Gasteiger partial charge in [0.1, 0.15) is 4.88 Å². The molecular formula is C19H13ClN4O4S2. The zero-order valence-electron chi connectivity index (χ0n) is 15.0. The summed E-state index contributed by atoms with van der Waals surface area (Å²) >= 11 is 12.5. The van der Waals surface area contributed by atoms with Gasteiger partial charge in [0, 0.05) is 28.3 Å². The number of nitro groups is 1. The number of fused-ring (bicyclic) bond motifs is 1. The van der Waals surface area contributed by atoms with Gasteiger partial charge < -0.3 is 0 Å². The van der Waals surface area contributed by atoms with Gasteiger partial charge in [0.15, 0.2) is 5.11 Å². The molecule has 3 N–H and O–H groups in total. The van der Waals surface area contributed by atoms with Crippen LogP contribution < -0.4 is 16.2 Å². The molecule has 3 aromatic rings. The second kappa shape index (κ2) is 9.44. The van der Waals surface area contributed by atoms with Crippen LogP contribution in [0.2, 0.25) is 5.02 Å². The van der Waals surface area contributed by atoms with E-state index in [9.17, 15) is 19.7 Å². The average Bonchev–Trinajstić information content (AvgIpc) is 3.07. The topological polar surface area (TPSA) is 113 Å². The summed E-state index contributed by atoms with van der Waals surface area (Å²) in [6.45, 7) is 0. The van der Waals surface area contributed by atoms with Gasteiger partial charge in [0.25, 0.3) is 11.6 Å². The number of hydrazine groups is 1. The Kier molecular flexibility index (Phi) is 6.72. The number of thiophene rings is 1. The van der Waals surface area contributed by atoms with E-state index >= 15 is 0 Å². The van der Waals surface area contributed by atoms with Gasteiger partial charge in [0.05, 0.1) is 9.95 Å². The van der Waals surface area contributed by atoms with Crippen molar-refractivity contribution in [3.8, 4) is 0 Å². The summed E-state index contributed by atoms with van der Waals surface area (Å²) in [6, 6.07) is 13.0. The number of benzene rings is 2. The molecule has 0 radical (unpaired) electrons. The van der Waals surface area contributed by atoms with Crippen LogP contribution in [0.1, 0.15) is 15.2 Å². The van der Waals surface area contributed by atoms with Gasteiger partial charge in [-0.25, -0.2) is 0 Å². The van der Waals surface area contributed by atoms with Gasteiger partial charge in [-0.1, -0.05) is 29.8 Å². The molecule has 2 amide bonds. The van der Waals surface area contributed by atoms with Gasteiger partial charge in [-0.05, 0) is 42.1 Å². The van der Waals surface area contributed by atoms with E-state index in [-0.39, 0.29) is 10.8 Å². The predicted molar refractivity (Wildman–Crippen MR) is 120 cm³/mol. The Morgan fingerprint density at radius 1 is 1.10 bits per heavy atom. The number of non-ortho nitro benzene ring substituents is 1. The first-order valence-corrected chi connectivity index (χ1v) is 9.96. The smallest absolute Gasteiger partial charge is 0.281 e. The normalized spacial score (nSPS) is 10.7. The van der Waals surface area contributed by atoms with Crippen LogP contribution in [0, 0.1) is 10.1 Å². The number of carbonyl (C=O) groups excluding carboxylic acids is 2. The molecule has 1 aromatic heterocycles. The molecule has 0 aliphatic carbocycles. The van der Waals surface area contributed by atoms with Crippen molar-refractivity contribution in [2.45, 2.75) is 0 Å². The second-order valence-corrected chi connectivity index (χ2v) is 7.66. The van der Waals surface area contributed by atoms with Gasteiger partial charge in [-0.3, -0.25) is 35.9 Å². The minimum atomic E-state index is -0.542. The van der Waals surface area contributed by atoms with Gasteiger partial charge in [-0.15, -0.1) is 11.3 Å². The summed E-state index contributed by atoms with van der Waals surface area (Å²) < 4.78 is 0.875. The highest BCUT2D eigenvalue weighted by molar-refractivity contribution is 7.80. The number of nitrogens with zero attached hydrogens (tertiary/aromatic N) is 1. The number of carbonyl (C=O) groups is 2. The molecule has 1 heterocycles. The molecule has 0 aliphatic heterocycles. The number of nitro benzene ring substituents is 1. The van der Waals surface area contributed by atoms with Crippen LogP contribution in [0.25, 0.3) is 16.2 Å². The first-order valence-electron chi connectivity index (χ1n) is 8.36. The fourth-order valence-corrected chi connectivity index (χ4v) is 3.96. The third-order valence-electron chi connectivity index (χ3n) is 3.80. The lowest BCUT2D eigenvalue weighted by molar-refractivity contribution is -0.384. The monoisotopic (exact) mass is 460 g/mol. The van der Waals surface area contributed by atoms with Crippen molar-refractivity contribution in [3.05, 3.63) is 80.2 Å². The summed E-state index contributed by atoms with van der Waals surface area (Å²) in [4.78, 5) is 34.7. The Labute approximate surface area is 184 Å². The molecule has 2 aromatic carbocycles. The van der Waals surface area contributed by atoms with Crippen LogP contribution in [-0.2, 0) is 4.79 Å². The lowest BCUT2D eigenvalue weighted by Crippen LogP contribution is -2.48. The zero-order chi connectivity index (χ0) is 21.7. The van der Waals surface area contributed by atoms with Crippen molar-refractivity contribution in [3.63, 3.8) is 0 Å². The molecule has 0 spiro atoms. The third-order valence-corrected chi connectivity index (χ3v) is 5.68. The molecule has 0 saturated heterocycles. The van der Waals surface area contributed by atoms with E-state index in [2.05, 4.69) is 16.2 Å². The number of thiocarbonyl (C=S) groups is 1. The van der Waals surface area contributed by atoms with Crippen LogP contribution in [0.15, 0.2) is 54.6 Å². The average molecular weight is 461 g/mol. The second-order valence-electron chi connectivity index (χ2n) is 5.82. The van der Waals surface area contributed by atoms with E-state index in [4.69, 9.17) is 23.8 Å². The third kappa shape index (κ3) is 5.17. The van der Waals surface area contributed by atoms with Gasteiger partial charge in [0.2, 0.25) is 5.91 Å². The molecule has 30 heavy (non-hydrogen) atoms. The maximum absolute atomic E-state index is 12.3. The van der Waals surface area contributed by atoms with E-state index in [1.807, 2.05) is 24.3 Å². The van der Waals surface area contributed by atoms with Crippen LogP contribution in [0.4, 0.5) is 5.69 Å². The number of halogens is 1. The maximum atomic E-state index is 12.3. The van der Waals surface area contributed by atoms with Crippen molar-refractivity contribution in [1.29, 1.82) is 0 Å². The standard InChI is InChI=1S/C19H13ClN4O4S2/c20-16-13-3-1-2-4-14(13)30-17(16)18(26)22-23-19(29)21-15(25)10-7-11-5-8-12(9-6-11)24(27)28/h1-10H,(H,22,26)(H2,21,23,25,29)/b10-7+. The van der Waals surface area contributed by atoms with E-state index in [1.54, 1.807) is 0 Å². The van der Waals surface area contributed by atoms with E-state index in [0.29, 0.717) is 15.5 Å². The van der Waals surface area contributed by atoms with Crippen molar-refractivity contribution in [2.24, 2.45) is 0 Å². The lowest BCUT2D eigenvalue weighted by atomic mass is 10.2. The zero-order valence-corrected chi connectivity index (χ0v) is 17.4. The lowest BCUT2D eigenvalue weighted by Gasteiger charge is -2.09. The summed E-state index contributed by atoms with van der Waals surface area (Å²) in [5, 5.41) is 14.0. The molecule has 0 fully saturated rings. The minimum Gasteiger partial charge on any atom is -0.298 e. The van der Waals surface area contributed by atoms with Gasteiger partial charge >= 0.3 is 0 Å². The Morgan fingerprint density at radius 2 is 1.80 bits per heavy atom. The maximum Gasteiger partial charge on any atom is 0.281 e. The molecular weight excluding hydrogens is 448 g/mol. The van der Waals surface area contributed by atoms with Crippen molar-refractivity contribution >= 4 is 73.9 Å². The molecule has 0 unspecified atom stereocenters. The number of hydrogen-bond donors (Lipinski definition) is 3. The van der Waals surface area contributed by atoms with Crippen molar-refractivity contribution in [1.82, 2.24) is 16.2 Å². The fourth-order valence-electron chi connectivity index (χ4n) is 2.39. The summed E-state index contributed by atoms with van der Waals surface area (Å²) in [5.41, 5.74) is 5.38. The molecule has 0 aliphatic rings. The Morgan fingerprint density at radius 3 is 2.47 bits per heavy atom. The summed E-state index contributed by atoms with van der Waals surface area (Å²) in [7, 11) is 0. The van der Waals surface area contributed by atoms with E-state index in [1.165, 1.54) is 47.8 Å². The van der Waals surface area contributed by atoms with Crippen molar-refractivity contribution < 1.29 is 14.5 Å². The van der Waals surface area contributed by atoms with E-state index < -0.39 is 16.7 Å². The first-order chi connectivity index (χ1) is 14.3. The van der Waals surface area contributed by atoms with Gasteiger partial charge in [-0.2, -0.15) is 0 Å². The van der Waals surface area contributed by atoms with Crippen molar-refractivity contribution in [2.75, 3.05) is 0 Å². The van der Waals surface area contributed by atoms with Crippen LogP contribution >= 0.6 is 35.2 Å². The summed E-state index contributed by atoms with van der Waals surface area (Å²) in [5.74, 6) is -1.03. The quantitative estimate of drug-likeness (QED) is 0.236. The molecule has 0 bridgehead atoms. The molecule has 3 rings (SSSR count).